The third-order valence-corrected chi connectivity index (χ3v) is 7.88. The van der Waals surface area contributed by atoms with Gasteiger partial charge < -0.3 is 20.3 Å². The smallest absolute Gasteiger partial charge is 0.418 e. The number of likely N-dealkylation sites (tertiary alicyclic amines) is 1. The molecule has 0 radical (unpaired) electrons. The predicted molar refractivity (Wildman–Crippen MR) is 137 cm³/mol. The van der Waals surface area contributed by atoms with E-state index < -0.39 is 24.1 Å². The molecule has 5 amide bonds. The molecule has 2 aromatic rings. The number of ether oxygens (including phenoxy) is 1. The van der Waals surface area contributed by atoms with Gasteiger partial charge in [-0.3, -0.25) is 9.59 Å². The first-order valence-electron chi connectivity index (χ1n) is 12.9. The molecule has 200 valence electrons. The van der Waals surface area contributed by atoms with Gasteiger partial charge in [-0.1, -0.05) is 32.0 Å². The van der Waals surface area contributed by atoms with Crippen LogP contribution in [0.25, 0.3) is 0 Å². The Morgan fingerprint density at radius 3 is 2.55 bits per heavy atom. The summed E-state index contributed by atoms with van der Waals surface area (Å²) in [6.07, 6.45) is 1.38. The van der Waals surface area contributed by atoms with E-state index in [0.717, 1.165) is 22.4 Å². The summed E-state index contributed by atoms with van der Waals surface area (Å²) in [4.78, 5) is 54.6. The number of carbonyl (C=O) groups excluding carboxylic acids is 4. The first kappa shape index (κ1) is 25.7. The zero-order valence-corrected chi connectivity index (χ0v) is 21.6. The number of amides is 5. The summed E-state index contributed by atoms with van der Waals surface area (Å²) in [5.41, 5.74) is 1.27. The fraction of sp³-hybridized carbons (Fsp3) is 0.429. The van der Waals surface area contributed by atoms with Crippen molar-refractivity contribution >= 4 is 29.6 Å². The minimum Gasteiger partial charge on any atom is -0.427 e. The van der Waals surface area contributed by atoms with Crippen LogP contribution >= 0.6 is 0 Å². The van der Waals surface area contributed by atoms with E-state index in [-0.39, 0.29) is 42.2 Å². The van der Waals surface area contributed by atoms with Crippen LogP contribution in [0.4, 0.5) is 19.7 Å². The van der Waals surface area contributed by atoms with Crippen molar-refractivity contribution in [1.82, 2.24) is 15.1 Å². The number of anilines is 1. The van der Waals surface area contributed by atoms with Crippen LogP contribution in [0.3, 0.4) is 0 Å². The number of urea groups is 1. The molecule has 0 saturated carbocycles. The van der Waals surface area contributed by atoms with Gasteiger partial charge in [-0.05, 0) is 60.6 Å². The molecule has 10 heteroatoms. The number of benzene rings is 2. The summed E-state index contributed by atoms with van der Waals surface area (Å²) in [6, 6.07) is 10.5. The topological polar surface area (TPSA) is 108 Å². The lowest BCUT2D eigenvalue weighted by Crippen LogP contribution is -2.47. The maximum atomic E-state index is 13.7. The molecule has 2 saturated heterocycles. The molecule has 0 bridgehead atoms. The molecule has 3 aliphatic rings. The van der Waals surface area contributed by atoms with Crippen LogP contribution in [0.5, 0.6) is 0 Å². The Bertz CT molecular complexity index is 1300. The second kappa shape index (κ2) is 9.74. The lowest BCUT2D eigenvalue weighted by atomic mass is 9.94. The Balaban J connectivity index is 1.38. The maximum Gasteiger partial charge on any atom is 0.418 e. The Labute approximate surface area is 220 Å². The van der Waals surface area contributed by atoms with Crippen molar-refractivity contribution in [3.63, 3.8) is 0 Å². The van der Waals surface area contributed by atoms with E-state index in [9.17, 15) is 23.6 Å². The highest BCUT2D eigenvalue weighted by molar-refractivity contribution is 6.06. The predicted octanol–water partition coefficient (Wildman–Crippen LogP) is 4.09. The summed E-state index contributed by atoms with van der Waals surface area (Å²) in [5, 5.41) is 5.18. The molecule has 0 unspecified atom stereocenters. The molecule has 9 nitrogen and oxygen atoms in total. The monoisotopic (exact) mass is 522 g/mol. The van der Waals surface area contributed by atoms with Gasteiger partial charge in [0, 0.05) is 30.8 Å². The minimum atomic E-state index is -1.48. The first-order valence-corrected chi connectivity index (χ1v) is 12.9. The zero-order valence-electron chi connectivity index (χ0n) is 21.6. The first-order chi connectivity index (χ1) is 18.1. The number of nitrogens with zero attached hydrogens (tertiary/aromatic N) is 2. The molecule has 5 rings (SSSR count). The van der Waals surface area contributed by atoms with Crippen LogP contribution in [-0.2, 0) is 26.3 Å². The van der Waals surface area contributed by atoms with Crippen molar-refractivity contribution < 1.29 is 28.3 Å². The highest BCUT2D eigenvalue weighted by atomic mass is 19.1. The summed E-state index contributed by atoms with van der Waals surface area (Å²) in [5.74, 6) is -1.09. The maximum absolute atomic E-state index is 13.7. The molecule has 2 aliphatic heterocycles. The molecule has 38 heavy (non-hydrogen) atoms. The van der Waals surface area contributed by atoms with Gasteiger partial charge in [0.2, 0.25) is 11.5 Å². The van der Waals surface area contributed by atoms with Gasteiger partial charge >= 0.3 is 12.1 Å². The van der Waals surface area contributed by atoms with Crippen LogP contribution in [0.1, 0.15) is 55.8 Å². The van der Waals surface area contributed by atoms with Gasteiger partial charge in [-0.25, -0.2) is 18.9 Å². The standard InChI is InChI=1S/C28H31FN4O5/c1-16(2)22-10-11-23(17-4-6-19(29)7-5-17)33(22)24(34)15-32-25(35)28(38-27(32)37)13-12-18-14-20(8-9-21(18)28)31-26(36)30-3/h4-9,14,16,22-23H,10-13,15H2,1-3H3,(H2,30,31,36)/t22-,23+,28-/m1/s1. The van der Waals surface area contributed by atoms with Crippen LogP contribution in [-0.4, -0.2) is 53.4 Å². The average molecular weight is 523 g/mol. The number of imide groups is 1. The summed E-state index contributed by atoms with van der Waals surface area (Å²) < 4.78 is 19.2. The van der Waals surface area contributed by atoms with E-state index >= 15 is 0 Å². The lowest BCUT2D eigenvalue weighted by molar-refractivity contribution is -0.143. The molecule has 2 heterocycles. The molecule has 3 atom stereocenters. The van der Waals surface area contributed by atoms with E-state index in [1.807, 2.05) is 13.8 Å². The van der Waals surface area contributed by atoms with Gasteiger partial charge in [-0.2, -0.15) is 0 Å². The molecule has 0 aromatic heterocycles. The van der Waals surface area contributed by atoms with E-state index in [0.29, 0.717) is 24.1 Å². The van der Waals surface area contributed by atoms with E-state index in [1.165, 1.54) is 19.2 Å². The van der Waals surface area contributed by atoms with Crippen molar-refractivity contribution in [2.45, 2.75) is 57.2 Å². The van der Waals surface area contributed by atoms with Gasteiger partial charge in [0.15, 0.2) is 0 Å². The lowest BCUT2D eigenvalue weighted by Gasteiger charge is -2.33. The number of halogens is 1. The average Bonchev–Trinajstić information content (AvgIpc) is 3.56. The highest BCUT2D eigenvalue weighted by Gasteiger charge is 2.58. The fourth-order valence-corrected chi connectivity index (χ4v) is 6.00. The third kappa shape index (κ3) is 4.27. The summed E-state index contributed by atoms with van der Waals surface area (Å²) >= 11 is 0. The van der Waals surface area contributed by atoms with Crippen molar-refractivity contribution in [1.29, 1.82) is 0 Å². The Kier molecular flexibility index (Phi) is 6.58. The number of hydrogen-bond donors (Lipinski definition) is 2. The normalized spacial score (nSPS) is 24.2. The molecule has 1 aliphatic carbocycles. The molecule has 2 N–H and O–H groups in total. The molecule has 2 fully saturated rings. The molecule has 2 aromatic carbocycles. The van der Waals surface area contributed by atoms with Crippen LogP contribution in [0, 0.1) is 11.7 Å². The van der Waals surface area contributed by atoms with Gasteiger partial charge in [0.25, 0.3) is 5.91 Å². The summed E-state index contributed by atoms with van der Waals surface area (Å²) in [7, 11) is 1.51. The van der Waals surface area contributed by atoms with E-state index in [1.54, 1.807) is 35.2 Å². The van der Waals surface area contributed by atoms with Crippen molar-refractivity contribution in [2.75, 3.05) is 18.9 Å². The second-order valence-electron chi connectivity index (χ2n) is 10.4. The van der Waals surface area contributed by atoms with Crippen LogP contribution in [0.15, 0.2) is 42.5 Å². The highest BCUT2D eigenvalue weighted by Crippen LogP contribution is 2.46. The number of aryl methyl sites for hydroxylation is 1. The minimum absolute atomic E-state index is 0.0707. The van der Waals surface area contributed by atoms with Crippen LogP contribution in [0.2, 0.25) is 0 Å². The number of carbonyl (C=O) groups is 4. The van der Waals surface area contributed by atoms with Crippen molar-refractivity contribution in [3.8, 4) is 0 Å². The fourth-order valence-electron chi connectivity index (χ4n) is 6.00. The number of nitrogens with one attached hydrogen (secondary N) is 2. The quantitative estimate of drug-likeness (QED) is 0.615. The molecular formula is C28H31FN4O5. The summed E-state index contributed by atoms with van der Waals surface area (Å²) in [6.45, 7) is 3.64. The number of hydrogen-bond acceptors (Lipinski definition) is 5. The second-order valence-corrected chi connectivity index (χ2v) is 10.4. The Morgan fingerprint density at radius 2 is 1.87 bits per heavy atom. The molecular weight excluding hydrogens is 491 g/mol. The zero-order chi connectivity index (χ0) is 27.2. The van der Waals surface area contributed by atoms with Gasteiger partial charge in [0.1, 0.15) is 12.4 Å². The van der Waals surface area contributed by atoms with Crippen LogP contribution < -0.4 is 10.6 Å². The van der Waals surface area contributed by atoms with Crippen molar-refractivity contribution in [2.24, 2.45) is 5.92 Å². The van der Waals surface area contributed by atoms with Gasteiger partial charge in [-0.15, -0.1) is 0 Å². The van der Waals surface area contributed by atoms with E-state index in [2.05, 4.69) is 10.6 Å². The van der Waals surface area contributed by atoms with Crippen molar-refractivity contribution in [3.05, 3.63) is 65.0 Å². The molecule has 1 spiro atoms. The largest absolute Gasteiger partial charge is 0.427 e. The Morgan fingerprint density at radius 1 is 1.13 bits per heavy atom. The van der Waals surface area contributed by atoms with E-state index in [4.69, 9.17) is 4.74 Å². The number of rotatable bonds is 5. The van der Waals surface area contributed by atoms with Gasteiger partial charge in [0.05, 0.1) is 6.04 Å². The SMILES string of the molecule is CNC(=O)Nc1ccc2c(c1)CC[C@@]21OC(=O)N(CC(=O)N2[C@@H](C(C)C)CC[C@H]2c2ccc(F)cc2)C1=O. The Hall–Kier alpha value is -3.95. The third-order valence-electron chi connectivity index (χ3n) is 7.88. The number of fused-ring (bicyclic) bond motifs is 2.